The maximum absolute atomic E-state index is 12.2. The summed E-state index contributed by atoms with van der Waals surface area (Å²) in [6.07, 6.45) is 1.24. The Balaban J connectivity index is 1.56. The molecule has 3 aromatic rings. The number of hydrogen-bond acceptors (Lipinski definition) is 6. The van der Waals surface area contributed by atoms with Gasteiger partial charge in [-0.05, 0) is 48.0 Å². The van der Waals surface area contributed by atoms with Crippen molar-refractivity contribution in [3.05, 3.63) is 99.6 Å². The zero-order valence-electron chi connectivity index (χ0n) is 16.1. The van der Waals surface area contributed by atoms with Crippen molar-refractivity contribution in [2.24, 2.45) is 5.10 Å². The number of nitrogens with one attached hydrogen (secondary N) is 1. The van der Waals surface area contributed by atoms with Crippen LogP contribution in [0.25, 0.3) is 0 Å². The molecule has 152 valence electrons. The second-order valence-electron chi connectivity index (χ2n) is 6.18. The van der Waals surface area contributed by atoms with Gasteiger partial charge in [-0.3, -0.25) is 14.9 Å². The third kappa shape index (κ3) is 5.41. The minimum atomic E-state index is -0.507. The molecule has 0 saturated heterocycles. The first-order chi connectivity index (χ1) is 14.6. The molecule has 0 bridgehead atoms. The molecule has 0 unspecified atom stereocenters. The van der Waals surface area contributed by atoms with E-state index in [0.717, 1.165) is 11.3 Å². The predicted octanol–water partition coefficient (Wildman–Crippen LogP) is 3.95. The molecule has 0 aromatic heterocycles. The van der Waals surface area contributed by atoms with Crippen LogP contribution in [-0.2, 0) is 6.61 Å². The van der Waals surface area contributed by atoms with E-state index in [9.17, 15) is 14.9 Å². The van der Waals surface area contributed by atoms with Gasteiger partial charge in [-0.25, -0.2) is 5.43 Å². The molecular formula is C22H19N3O5. The number of rotatable bonds is 8. The van der Waals surface area contributed by atoms with Crippen molar-refractivity contribution < 1.29 is 19.2 Å². The van der Waals surface area contributed by atoms with Gasteiger partial charge in [-0.15, -0.1) is 0 Å². The molecule has 0 aliphatic carbocycles. The number of carbonyl (C=O) groups is 1. The van der Waals surface area contributed by atoms with E-state index in [-0.39, 0.29) is 5.69 Å². The number of carbonyl (C=O) groups excluding carboxylic acids is 1. The largest absolute Gasteiger partial charge is 0.497 e. The summed E-state index contributed by atoms with van der Waals surface area (Å²) >= 11 is 0. The van der Waals surface area contributed by atoms with E-state index >= 15 is 0 Å². The average molecular weight is 405 g/mol. The van der Waals surface area contributed by atoms with Gasteiger partial charge in [0.25, 0.3) is 11.6 Å². The van der Waals surface area contributed by atoms with E-state index in [4.69, 9.17) is 9.47 Å². The van der Waals surface area contributed by atoms with E-state index in [2.05, 4.69) is 10.5 Å². The summed E-state index contributed by atoms with van der Waals surface area (Å²) in [5.41, 5.74) is 3.90. The molecule has 8 nitrogen and oxygen atoms in total. The highest BCUT2D eigenvalue weighted by Crippen LogP contribution is 2.17. The van der Waals surface area contributed by atoms with Gasteiger partial charge in [0.15, 0.2) is 0 Å². The summed E-state index contributed by atoms with van der Waals surface area (Å²) in [4.78, 5) is 22.7. The number of ether oxygens (including phenoxy) is 2. The highest BCUT2D eigenvalue weighted by molar-refractivity contribution is 5.95. The number of methoxy groups -OCH3 is 1. The number of benzene rings is 3. The SMILES string of the molecule is COc1cccc(COc2ccc(C(=O)NN=Cc3ccccc3[N+](=O)[O-])cc2)c1. The van der Waals surface area contributed by atoms with E-state index in [0.29, 0.717) is 23.5 Å². The Morgan fingerprint density at radius 3 is 2.57 bits per heavy atom. The zero-order valence-corrected chi connectivity index (χ0v) is 16.1. The van der Waals surface area contributed by atoms with Crippen LogP contribution in [0, 0.1) is 10.1 Å². The van der Waals surface area contributed by atoms with Crippen LogP contribution in [0.2, 0.25) is 0 Å². The molecule has 0 heterocycles. The lowest BCUT2D eigenvalue weighted by atomic mass is 10.2. The molecule has 0 spiro atoms. The van der Waals surface area contributed by atoms with E-state index in [1.807, 2.05) is 24.3 Å². The molecule has 30 heavy (non-hydrogen) atoms. The smallest absolute Gasteiger partial charge is 0.278 e. The normalized spacial score (nSPS) is 10.6. The fourth-order valence-electron chi connectivity index (χ4n) is 2.62. The van der Waals surface area contributed by atoms with Gasteiger partial charge in [-0.1, -0.05) is 24.3 Å². The van der Waals surface area contributed by atoms with Crippen molar-refractivity contribution in [2.45, 2.75) is 6.61 Å². The van der Waals surface area contributed by atoms with Crippen molar-refractivity contribution >= 4 is 17.8 Å². The molecule has 1 N–H and O–H groups in total. The Bertz CT molecular complexity index is 1060. The van der Waals surface area contributed by atoms with Crippen molar-refractivity contribution in [2.75, 3.05) is 7.11 Å². The van der Waals surface area contributed by atoms with Gasteiger partial charge in [-0.2, -0.15) is 5.10 Å². The lowest BCUT2D eigenvalue weighted by Gasteiger charge is -2.08. The predicted molar refractivity (Wildman–Crippen MR) is 112 cm³/mol. The molecule has 0 fully saturated rings. The molecule has 0 aliphatic rings. The van der Waals surface area contributed by atoms with Gasteiger partial charge in [0.05, 0.1) is 23.8 Å². The van der Waals surface area contributed by atoms with Gasteiger partial charge in [0.2, 0.25) is 0 Å². The minimum Gasteiger partial charge on any atom is -0.497 e. The molecular weight excluding hydrogens is 386 g/mol. The standard InChI is InChI=1S/C22H19N3O5/c1-29-20-7-4-5-16(13-20)15-30-19-11-9-17(10-12-19)22(26)24-23-14-18-6-2-3-8-21(18)25(27)28/h2-14H,15H2,1H3,(H,24,26). The van der Waals surface area contributed by atoms with Crippen molar-refractivity contribution in [1.29, 1.82) is 0 Å². The third-order valence-corrected chi connectivity index (χ3v) is 4.16. The van der Waals surface area contributed by atoms with Crippen molar-refractivity contribution in [1.82, 2.24) is 5.43 Å². The Morgan fingerprint density at radius 1 is 1.07 bits per heavy atom. The van der Waals surface area contributed by atoms with Crippen LogP contribution in [-0.4, -0.2) is 24.2 Å². The highest BCUT2D eigenvalue weighted by atomic mass is 16.6. The van der Waals surface area contributed by atoms with E-state index in [1.165, 1.54) is 12.3 Å². The Morgan fingerprint density at radius 2 is 1.83 bits per heavy atom. The van der Waals surface area contributed by atoms with Crippen LogP contribution in [0.5, 0.6) is 11.5 Å². The van der Waals surface area contributed by atoms with Crippen LogP contribution in [0.4, 0.5) is 5.69 Å². The van der Waals surface area contributed by atoms with Gasteiger partial charge >= 0.3 is 0 Å². The number of amides is 1. The number of para-hydroxylation sites is 1. The Kier molecular flexibility index (Phi) is 6.73. The Hall–Kier alpha value is -4.20. The minimum absolute atomic E-state index is 0.0898. The molecule has 0 saturated carbocycles. The summed E-state index contributed by atoms with van der Waals surface area (Å²) in [6, 6.07) is 20.3. The summed E-state index contributed by atoms with van der Waals surface area (Å²) in [5.74, 6) is 0.923. The van der Waals surface area contributed by atoms with Crippen LogP contribution in [0.3, 0.4) is 0 Å². The lowest BCUT2D eigenvalue weighted by molar-refractivity contribution is -0.385. The number of nitrogens with zero attached hydrogens (tertiary/aromatic N) is 2. The van der Waals surface area contributed by atoms with Crippen LogP contribution in [0.1, 0.15) is 21.5 Å². The van der Waals surface area contributed by atoms with Crippen molar-refractivity contribution in [3.8, 4) is 11.5 Å². The topological polar surface area (TPSA) is 103 Å². The summed E-state index contributed by atoms with van der Waals surface area (Å²) in [6.45, 7) is 0.364. The van der Waals surface area contributed by atoms with Crippen LogP contribution in [0.15, 0.2) is 77.9 Å². The number of hydrogen-bond donors (Lipinski definition) is 1. The molecule has 3 rings (SSSR count). The van der Waals surface area contributed by atoms with Crippen LogP contribution >= 0.6 is 0 Å². The monoisotopic (exact) mass is 405 g/mol. The van der Waals surface area contributed by atoms with Crippen molar-refractivity contribution in [3.63, 3.8) is 0 Å². The maximum atomic E-state index is 12.2. The first-order valence-corrected chi connectivity index (χ1v) is 8.99. The summed E-state index contributed by atoms with van der Waals surface area (Å²) in [7, 11) is 1.61. The number of nitro benzene ring substituents is 1. The third-order valence-electron chi connectivity index (χ3n) is 4.16. The summed E-state index contributed by atoms with van der Waals surface area (Å²) in [5, 5.41) is 14.8. The molecule has 3 aromatic carbocycles. The maximum Gasteiger partial charge on any atom is 0.278 e. The quantitative estimate of drug-likeness (QED) is 0.347. The molecule has 0 radical (unpaired) electrons. The van der Waals surface area contributed by atoms with E-state index < -0.39 is 10.8 Å². The number of hydrazone groups is 1. The molecule has 0 atom stereocenters. The second kappa shape index (κ2) is 9.83. The van der Waals surface area contributed by atoms with Gasteiger partial charge in [0, 0.05) is 11.6 Å². The fourth-order valence-corrected chi connectivity index (χ4v) is 2.62. The second-order valence-corrected chi connectivity index (χ2v) is 6.18. The van der Waals surface area contributed by atoms with Crippen LogP contribution < -0.4 is 14.9 Å². The zero-order chi connectivity index (χ0) is 21.3. The molecule has 1 amide bonds. The van der Waals surface area contributed by atoms with Gasteiger partial charge in [0.1, 0.15) is 18.1 Å². The molecule has 8 heteroatoms. The van der Waals surface area contributed by atoms with Gasteiger partial charge < -0.3 is 9.47 Å². The number of nitro groups is 1. The average Bonchev–Trinajstić information content (AvgIpc) is 2.78. The van der Waals surface area contributed by atoms with E-state index in [1.54, 1.807) is 49.6 Å². The Labute approximate surface area is 172 Å². The molecule has 0 aliphatic heterocycles. The highest BCUT2D eigenvalue weighted by Gasteiger charge is 2.10. The summed E-state index contributed by atoms with van der Waals surface area (Å²) < 4.78 is 10.9. The first kappa shape index (κ1) is 20.5. The first-order valence-electron chi connectivity index (χ1n) is 8.99. The fraction of sp³-hybridized carbons (Fsp3) is 0.0909. The lowest BCUT2D eigenvalue weighted by Crippen LogP contribution is -2.17.